The number of hydrogen-bond acceptors (Lipinski definition) is 4. The van der Waals surface area contributed by atoms with Gasteiger partial charge < -0.3 is 14.3 Å². The Hall–Kier alpha value is -1.84. The van der Waals surface area contributed by atoms with E-state index in [1.165, 1.54) is 7.11 Å². The second-order valence-electron chi connectivity index (χ2n) is 5.74. The standard InChI is InChI=1S/C17H22O4/c1-13(18)4-5-14-6-8-15(9-7-14)21-17(10-3-11-17)12-16(19)20-2/h6-9H,3-5,10-12H2,1-2H3. The van der Waals surface area contributed by atoms with Crippen molar-refractivity contribution in [3.8, 4) is 5.75 Å². The van der Waals surface area contributed by atoms with E-state index >= 15 is 0 Å². The molecule has 0 aromatic heterocycles. The maximum atomic E-state index is 11.5. The lowest BCUT2D eigenvalue weighted by Gasteiger charge is -2.41. The molecule has 0 atom stereocenters. The van der Waals surface area contributed by atoms with Crippen LogP contribution in [0.4, 0.5) is 0 Å². The number of esters is 1. The maximum Gasteiger partial charge on any atom is 0.309 e. The minimum atomic E-state index is -0.395. The molecule has 21 heavy (non-hydrogen) atoms. The van der Waals surface area contributed by atoms with E-state index in [2.05, 4.69) is 0 Å². The van der Waals surface area contributed by atoms with Gasteiger partial charge in [-0.2, -0.15) is 0 Å². The predicted molar refractivity (Wildman–Crippen MR) is 79.3 cm³/mol. The first-order valence-electron chi connectivity index (χ1n) is 7.37. The minimum absolute atomic E-state index is 0.196. The first-order valence-corrected chi connectivity index (χ1v) is 7.37. The van der Waals surface area contributed by atoms with Crippen molar-refractivity contribution < 1.29 is 19.1 Å². The van der Waals surface area contributed by atoms with Crippen molar-refractivity contribution in [1.82, 2.24) is 0 Å². The van der Waals surface area contributed by atoms with E-state index in [-0.39, 0.29) is 11.8 Å². The summed E-state index contributed by atoms with van der Waals surface area (Å²) in [6.07, 6.45) is 4.46. The highest BCUT2D eigenvalue weighted by Gasteiger charge is 2.41. The fourth-order valence-corrected chi connectivity index (χ4v) is 2.52. The third kappa shape index (κ3) is 4.31. The van der Waals surface area contributed by atoms with Gasteiger partial charge in [-0.3, -0.25) is 4.79 Å². The summed E-state index contributed by atoms with van der Waals surface area (Å²) in [5.74, 6) is 0.736. The van der Waals surface area contributed by atoms with Gasteiger partial charge in [0.2, 0.25) is 0 Å². The Kier molecular flexibility index (Phi) is 4.99. The van der Waals surface area contributed by atoms with Crippen LogP contribution in [0, 0.1) is 0 Å². The maximum absolute atomic E-state index is 11.5. The zero-order valence-electron chi connectivity index (χ0n) is 12.7. The van der Waals surface area contributed by atoms with Crippen LogP contribution in [0.5, 0.6) is 5.75 Å². The van der Waals surface area contributed by atoms with Crippen molar-refractivity contribution in [2.24, 2.45) is 0 Å². The normalized spacial score (nSPS) is 15.9. The molecule has 4 nitrogen and oxygen atoms in total. The average Bonchev–Trinajstić information content (AvgIpc) is 2.43. The molecule has 2 rings (SSSR count). The third-order valence-electron chi connectivity index (χ3n) is 3.98. The number of ketones is 1. The molecule has 0 saturated heterocycles. The van der Waals surface area contributed by atoms with E-state index in [0.29, 0.717) is 12.8 Å². The van der Waals surface area contributed by atoms with Crippen molar-refractivity contribution >= 4 is 11.8 Å². The second kappa shape index (κ2) is 6.74. The molecular formula is C17H22O4. The number of carbonyl (C=O) groups excluding carboxylic acids is 2. The molecule has 0 heterocycles. The van der Waals surface area contributed by atoms with Gasteiger partial charge >= 0.3 is 5.97 Å². The van der Waals surface area contributed by atoms with Crippen LogP contribution in [0.2, 0.25) is 0 Å². The Morgan fingerprint density at radius 3 is 2.33 bits per heavy atom. The number of hydrogen-bond donors (Lipinski definition) is 0. The molecule has 0 unspecified atom stereocenters. The highest BCUT2D eigenvalue weighted by atomic mass is 16.5. The van der Waals surface area contributed by atoms with Gasteiger partial charge in [0.15, 0.2) is 0 Å². The van der Waals surface area contributed by atoms with Gasteiger partial charge in [0.1, 0.15) is 17.1 Å². The summed E-state index contributed by atoms with van der Waals surface area (Å²) in [5.41, 5.74) is 0.724. The monoisotopic (exact) mass is 290 g/mol. The fraction of sp³-hybridized carbons (Fsp3) is 0.529. The van der Waals surface area contributed by atoms with Crippen LogP contribution in [-0.2, 0) is 20.7 Å². The SMILES string of the molecule is COC(=O)CC1(Oc2ccc(CCC(C)=O)cc2)CCC1. The summed E-state index contributed by atoms with van der Waals surface area (Å²) in [6.45, 7) is 1.60. The summed E-state index contributed by atoms with van der Waals surface area (Å²) in [6, 6.07) is 7.77. The first kappa shape index (κ1) is 15.5. The van der Waals surface area contributed by atoms with Crippen LogP contribution in [0.15, 0.2) is 24.3 Å². The number of ether oxygens (including phenoxy) is 2. The smallest absolute Gasteiger partial charge is 0.309 e. The van der Waals surface area contributed by atoms with Crippen molar-refractivity contribution in [2.45, 2.75) is 51.0 Å². The van der Waals surface area contributed by atoms with Gasteiger partial charge in [-0.05, 0) is 50.3 Å². The van der Waals surface area contributed by atoms with Crippen LogP contribution in [0.1, 0.15) is 44.6 Å². The van der Waals surface area contributed by atoms with E-state index in [1.54, 1.807) is 6.92 Å². The number of carbonyl (C=O) groups is 2. The third-order valence-corrected chi connectivity index (χ3v) is 3.98. The molecular weight excluding hydrogens is 268 g/mol. The van der Waals surface area contributed by atoms with Crippen LogP contribution < -0.4 is 4.74 Å². The summed E-state index contributed by atoms with van der Waals surface area (Å²) in [4.78, 5) is 22.5. The average molecular weight is 290 g/mol. The van der Waals surface area contributed by atoms with Crippen molar-refractivity contribution in [1.29, 1.82) is 0 Å². The summed E-state index contributed by atoms with van der Waals surface area (Å²) in [5, 5.41) is 0. The Labute approximate surface area is 125 Å². The van der Waals surface area contributed by atoms with Crippen molar-refractivity contribution in [2.75, 3.05) is 7.11 Å². The Bertz CT molecular complexity index is 500. The molecule has 1 fully saturated rings. The molecule has 1 aromatic carbocycles. The number of rotatable bonds is 7. The molecule has 1 aromatic rings. The molecule has 0 aliphatic heterocycles. The summed E-state index contributed by atoms with van der Waals surface area (Å²) in [7, 11) is 1.40. The highest BCUT2D eigenvalue weighted by molar-refractivity contribution is 5.75. The van der Waals surface area contributed by atoms with Gasteiger partial charge in [0.25, 0.3) is 0 Å². The molecule has 1 aliphatic carbocycles. The number of aryl methyl sites for hydroxylation is 1. The van der Waals surface area contributed by atoms with Crippen LogP contribution in [-0.4, -0.2) is 24.5 Å². The Balaban J connectivity index is 1.95. The van der Waals surface area contributed by atoms with Crippen molar-refractivity contribution in [3.05, 3.63) is 29.8 Å². The van der Waals surface area contributed by atoms with Gasteiger partial charge in [-0.1, -0.05) is 12.1 Å². The van der Waals surface area contributed by atoms with Gasteiger partial charge in [-0.25, -0.2) is 0 Å². The molecule has 1 saturated carbocycles. The largest absolute Gasteiger partial charge is 0.487 e. The minimum Gasteiger partial charge on any atom is -0.487 e. The molecule has 4 heteroatoms. The highest BCUT2D eigenvalue weighted by Crippen LogP contribution is 2.39. The predicted octanol–water partition coefficient (Wildman–Crippen LogP) is 3.07. The van der Waals surface area contributed by atoms with Gasteiger partial charge in [-0.15, -0.1) is 0 Å². The lowest BCUT2D eigenvalue weighted by Crippen LogP contribution is -2.45. The second-order valence-corrected chi connectivity index (χ2v) is 5.74. The van der Waals surface area contributed by atoms with E-state index < -0.39 is 5.60 Å². The molecule has 0 amide bonds. The van der Waals surface area contributed by atoms with E-state index in [0.717, 1.165) is 37.0 Å². The molecule has 0 radical (unpaired) electrons. The number of benzene rings is 1. The van der Waals surface area contributed by atoms with E-state index in [1.807, 2.05) is 24.3 Å². The molecule has 1 aliphatic rings. The van der Waals surface area contributed by atoms with Crippen LogP contribution in [0.25, 0.3) is 0 Å². The molecule has 114 valence electrons. The lowest BCUT2D eigenvalue weighted by molar-refractivity contribution is -0.148. The van der Waals surface area contributed by atoms with Crippen LogP contribution in [0.3, 0.4) is 0 Å². The van der Waals surface area contributed by atoms with Gasteiger partial charge in [0, 0.05) is 6.42 Å². The fourth-order valence-electron chi connectivity index (χ4n) is 2.52. The van der Waals surface area contributed by atoms with Crippen LogP contribution >= 0.6 is 0 Å². The molecule has 0 bridgehead atoms. The Morgan fingerprint density at radius 2 is 1.86 bits per heavy atom. The zero-order valence-corrected chi connectivity index (χ0v) is 12.7. The van der Waals surface area contributed by atoms with E-state index in [9.17, 15) is 9.59 Å². The summed E-state index contributed by atoms with van der Waals surface area (Å²) >= 11 is 0. The molecule has 0 N–H and O–H groups in total. The lowest BCUT2D eigenvalue weighted by atomic mass is 9.77. The quantitative estimate of drug-likeness (QED) is 0.724. The van der Waals surface area contributed by atoms with E-state index in [4.69, 9.17) is 9.47 Å². The van der Waals surface area contributed by atoms with Gasteiger partial charge in [0.05, 0.1) is 13.5 Å². The first-order chi connectivity index (χ1) is 10.0. The zero-order chi connectivity index (χ0) is 15.3. The molecule has 0 spiro atoms. The topological polar surface area (TPSA) is 52.6 Å². The summed E-state index contributed by atoms with van der Waals surface area (Å²) < 4.78 is 10.8. The number of methoxy groups -OCH3 is 1. The number of Topliss-reactive ketones (excluding diaryl/α,β-unsaturated/α-hetero) is 1. The Morgan fingerprint density at radius 1 is 1.19 bits per heavy atom. The van der Waals surface area contributed by atoms with Crippen molar-refractivity contribution in [3.63, 3.8) is 0 Å².